The van der Waals surface area contributed by atoms with Crippen molar-refractivity contribution in [2.45, 2.75) is 51.3 Å². The first kappa shape index (κ1) is 29.7. The molecule has 2 aromatic rings. The van der Waals surface area contributed by atoms with Crippen molar-refractivity contribution >= 4 is 28.7 Å². The summed E-state index contributed by atoms with van der Waals surface area (Å²) in [4.78, 5) is 38.8. The summed E-state index contributed by atoms with van der Waals surface area (Å²) >= 11 is 0. The first-order valence-electron chi connectivity index (χ1n) is 12.7. The average Bonchev–Trinajstić information content (AvgIpc) is 2.90. The lowest BCUT2D eigenvalue weighted by atomic mass is 9.99. The van der Waals surface area contributed by atoms with Crippen molar-refractivity contribution in [1.29, 1.82) is 0 Å². The van der Waals surface area contributed by atoms with Crippen LogP contribution in [0.4, 0.5) is 4.79 Å². The zero-order valence-electron chi connectivity index (χ0n) is 22.6. The van der Waals surface area contributed by atoms with Crippen LogP contribution < -0.4 is 22.4 Å². The van der Waals surface area contributed by atoms with Crippen LogP contribution in [0.25, 0.3) is 10.8 Å². The highest BCUT2D eigenvalue weighted by Gasteiger charge is 2.35. The Kier molecular flexibility index (Phi) is 10.1. The van der Waals surface area contributed by atoms with Gasteiger partial charge >= 0.3 is 6.09 Å². The molecule has 0 saturated carbocycles. The van der Waals surface area contributed by atoms with Crippen LogP contribution in [0, 0.1) is 0 Å². The number of amides is 3. The van der Waals surface area contributed by atoms with Crippen molar-refractivity contribution in [2.75, 3.05) is 26.3 Å². The van der Waals surface area contributed by atoms with E-state index in [0.717, 1.165) is 16.3 Å². The number of nitrogens with one attached hydrogen (secondary N) is 2. The number of morpholine rings is 1. The molecule has 3 amide bonds. The molecular formula is C27H38N6O6. The van der Waals surface area contributed by atoms with E-state index in [-0.39, 0.29) is 31.8 Å². The van der Waals surface area contributed by atoms with E-state index < -0.39 is 35.6 Å². The van der Waals surface area contributed by atoms with Gasteiger partial charge in [-0.2, -0.15) is 0 Å². The number of fused-ring (bicyclic) bond motifs is 1. The molecule has 1 heterocycles. The summed E-state index contributed by atoms with van der Waals surface area (Å²) in [6.45, 7) is 5.75. The van der Waals surface area contributed by atoms with Crippen LogP contribution >= 0.6 is 0 Å². The Morgan fingerprint density at radius 1 is 1.23 bits per heavy atom. The number of benzene rings is 2. The van der Waals surface area contributed by atoms with Gasteiger partial charge in [0.25, 0.3) is 0 Å². The zero-order chi connectivity index (χ0) is 28.6. The molecule has 1 fully saturated rings. The fourth-order valence-electron chi connectivity index (χ4n) is 4.19. The minimum atomic E-state index is -0.871. The molecule has 12 nitrogen and oxygen atoms in total. The van der Waals surface area contributed by atoms with Crippen LogP contribution in [0.15, 0.2) is 54.4 Å². The lowest BCUT2D eigenvalue weighted by molar-refractivity contribution is -0.132. The van der Waals surface area contributed by atoms with Crippen molar-refractivity contribution in [3.63, 3.8) is 0 Å². The Morgan fingerprint density at radius 3 is 2.64 bits per heavy atom. The number of hydrogen-bond donors (Lipinski definition) is 5. The van der Waals surface area contributed by atoms with Gasteiger partial charge in [0.15, 0.2) is 0 Å². The van der Waals surface area contributed by atoms with Gasteiger partial charge in [0.05, 0.1) is 32.2 Å². The topological polar surface area (TPSA) is 172 Å². The maximum atomic E-state index is 12.9. The SMILES string of the molecule is CC(C)(C)OC(=O)N1CCOCC1C(=O)NC/C(N)=C/N(N)C(CC(=O)NO)Cc1ccc2ccccc2c1. The summed E-state index contributed by atoms with van der Waals surface area (Å²) in [7, 11) is 0. The van der Waals surface area contributed by atoms with Crippen LogP contribution in [0.1, 0.15) is 32.8 Å². The van der Waals surface area contributed by atoms with Crippen molar-refractivity contribution < 1.29 is 29.1 Å². The summed E-state index contributed by atoms with van der Waals surface area (Å²) < 4.78 is 10.8. The van der Waals surface area contributed by atoms with Crippen molar-refractivity contribution in [2.24, 2.45) is 11.6 Å². The van der Waals surface area contributed by atoms with Gasteiger partial charge in [-0.05, 0) is 43.5 Å². The number of carbonyl (C=O) groups excluding carboxylic acids is 3. The molecule has 12 heteroatoms. The summed E-state index contributed by atoms with van der Waals surface area (Å²) in [5, 5.41) is 15.2. The minimum Gasteiger partial charge on any atom is -0.444 e. The van der Waals surface area contributed by atoms with E-state index in [2.05, 4.69) is 5.32 Å². The van der Waals surface area contributed by atoms with Crippen molar-refractivity contribution in [1.82, 2.24) is 20.7 Å². The molecule has 0 spiro atoms. The third-order valence-electron chi connectivity index (χ3n) is 6.09. The van der Waals surface area contributed by atoms with E-state index in [1.54, 1.807) is 26.3 Å². The van der Waals surface area contributed by atoms with Gasteiger partial charge in [-0.25, -0.2) is 16.1 Å². The number of rotatable bonds is 9. The van der Waals surface area contributed by atoms with Gasteiger partial charge < -0.3 is 25.5 Å². The highest BCUT2D eigenvalue weighted by Crippen LogP contribution is 2.19. The third-order valence-corrected chi connectivity index (χ3v) is 6.09. The molecule has 1 aliphatic rings. The highest BCUT2D eigenvalue weighted by atomic mass is 16.6. The Bertz CT molecular complexity index is 1200. The number of hydrogen-bond acceptors (Lipinski definition) is 9. The summed E-state index contributed by atoms with van der Waals surface area (Å²) in [5.74, 6) is 5.21. The van der Waals surface area contributed by atoms with E-state index in [9.17, 15) is 14.4 Å². The minimum absolute atomic E-state index is 0.0296. The molecule has 1 aliphatic heterocycles. The standard InChI is InChI=1S/C27H38N6O6/c1-27(2,3)39-26(36)32-10-11-38-17-23(32)25(35)30-15-21(28)16-33(29)22(14-24(34)31-37)13-18-8-9-19-6-4-5-7-20(19)12-18/h4-9,12,16,22-23,37H,10-11,13-15,17,28-29H2,1-3H3,(H,30,35)(H,31,34)/b21-16-. The molecular weight excluding hydrogens is 504 g/mol. The molecule has 0 radical (unpaired) electrons. The molecule has 2 unspecified atom stereocenters. The van der Waals surface area contributed by atoms with Gasteiger partial charge in [-0.3, -0.25) is 19.7 Å². The fraction of sp³-hybridized carbons (Fsp3) is 0.444. The summed E-state index contributed by atoms with van der Waals surface area (Å²) in [5.41, 5.74) is 8.24. The maximum absolute atomic E-state index is 12.9. The van der Waals surface area contributed by atoms with E-state index in [1.165, 1.54) is 16.1 Å². The Balaban J connectivity index is 1.65. The average molecular weight is 543 g/mol. The second-order valence-electron chi connectivity index (χ2n) is 10.4. The largest absolute Gasteiger partial charge is 0.444 e. The first-order chi connectivity index (χ1) is 18.5. The van der Waals surface area contributed by atoms with E-state index in [1.807, 2.05) is 42.5 Å². The van der Waals surface area contributed by atoms with Gasteiger partial charge in [-0.1, -0.05) is 42.5 Å². The van der Waals surface area contributed by atoms with Gasteiger partial charge in [0.2, 0.25) is 11.8 Å². The predicted octanol–water partition coefficient (Wildman–Crippen LogP) is 1.37. The molecule has 2 aromatic carbocycles. The molecule has 7 N–H and O–H groups in total. The van der Waals surface area contributed by atoms with Crippen molar-refractivity contribution in [3.05, 3.63) is 59.9 Å². The van der Waals surface area contributed by atoms with E-state index in [4.69, 9.17) is 26.3 Å². The monoisotopic (exact) mass is 542 g/mol. The molecule has 0 aromatic heterocycles. The number of hydrazine groups is 1. The number of hydroxylamine groups is 1. The van der Waals surface area contributed by atoms with Crippen LogP contribution in [-0.2, 0) is 25.5 Å². The summed E-state index contributed by atoms with van der Waals surface area (Å²) in [6.07, 6.45) is 1.14. The van der Waals surface area contributed by atoms with Crippen LogP contribution in [0.2, 0.25) is 0 Å². The molecule has 0 aliphatic carbocycles. The fourth-order valence-corrected chi connectivity index (χ4v) is 4.19. The van der Waals surface area contributed by atoms with Crippen LogP contribution in [-0.4, -0.2) is 77.0 Å². The highest BCUT2D eigenvalue weighted by molar-refractivity contribution is 5.86. The second kappa shape index (κ2) is 13.3. The number of nitrogens with two attached hydrogens (primary N) is 2. The Labute approximate surface area is 227 Å². The third kappa shape index (κ3) is 8.84. The smallest absolute Gasteiger partial charge is 0.411 e. The van der Waals surface area contributed by atoms with Gasteiger partial charge in [0.1, 0.15) is 11.6 Å². The molecule has 1 saturated heterocycles. The van der Waals surface area contributed by atoms with Gasteiger partial charge in [0, 0.05) is 18.4 Å². The normalized spacial score (nSPS) is 16.9. The van der Waals surface area contributed by atoms with E-state index >= 15 is 0 Å². The zero-order valence-corrected chi connectivity index (χ0v) is 22.6. The van der Waals surface area contributed by atoms with E-state index in [0.29, 0.717) is 13.0 Å². The maximum Gasteiger partial charge on any atom is 0.411 e. The molecule has 39 heavy (non-hydrogen) atoms. The lowest BCUT2D eigenvalue weighted by Gasteiger charge is -2.35. The Morgan fingerprint density at radius 2 is 1.95 bits per heavy atom. The Hall–Kier alpha value is -3.87. The first-order valence-corrected chi connectivity index (χ1v) is 12.7. The summed E-state index contributed by atoms with van der Waals surface area (Å²) in [6, 6.07) is 12.5. The molecule has 2 atom stereocenters. The predicted molar refractivity (Wildman–Crippen MR) is 145 cm³/mol. The number of ether oxygens (including phenoxy) is 2. The lowest BCUT2D eigenvalue weighted by Crippen LogP contribution is -2.57. The number of nitrogens with zero attached hydrogens (tertiary/aromatic N) is 2. The quantitative estimate of drug-likeness (QED) is 0.178. The number of carbonyl (C=O) groups is 3. The van der Waals surface area contributed by atoms with Crippen LogP contribution in [0.3, 0.4) is 0 Å². The molecule has 0 bridgehead atoms. The van der Waals surface area contributed by atoms with Gasteiger partial charge in [-0.15, -0.1) is 0 Å². The molecule has 3 rings (SSSR count). The van der Waals surface area contributed by atoms with Crippen LogP contribution in [0.5, 0.6) is 0 Å². The second-order valence-corrected chi connectivity index (χ2v) is 10.4. The van der Waals surface area contributed by atoms with Crippen molar-refractivity contribution in [3.8, 4) is 0 Å². The molecule has 212 valence electrons.